The van der Waals surface area contributed by atoms with Crippen LogP contribution >= 0.6 is 0 Å². The Balaban J connectivity index is 2.30. The first-order valence-electron chi connectivity index (χ1n) is 0.499. The van der Waals surface area contributed by atoms with Crippen LogP contribution in [0, 0.1) is 4.91 Å². The van der Waals surface area contributed by atoms with Crippen LogP contribution in [0.2, 0.25) is 0 Å². The minimum atomic E-state index is -1.19. The second-order valence-corrected chi connectivity index (χ2v) is 0.800. The van der Waals surface area contributed by atoms with Crippen molar-refractivity contribution in [3.63, 3.8) is 0 Å². The van der Waals surface area contributed by atoms with Crippen LogP contribution in [0.15, 0.2) is 3.92 Å². The molecule has 4 heavy (non-hydrogen) atoms. The standard InChI is InChI=1S/NO.H2O.Ru/c1-2;;/h;1H2;/q-1;;+2/p-1. The van der Waals surface area contributed by atoms with Crippen LogP contribution in [0.25, 0.3) is 0 Å². The van der Waals surface area contributed by atoms with Crippen molar-refractivity contribution in [2.75, 3.05) is 0 Å². The summed E-state index contributed by atoms with van der Waals surface area (Å²) in [4.78, 5) is 8.71. The van der Waals surface area contributed by atoms with E-state index in [-0.39, 0.29) is 0 Å². The molecule has 0 saturated carbocycles. The Hall–Kier alpha value is 0.183. The van der Waals surface area contributed by atoms with Crippen LogP contribution in [0.4, 0.5) is 0 Å². The van der Waals surface area contributed by atoms with Gasteiger partial charge in [0.15, 0.2) is 0 Å². The molecule has 0 aromatic rings. The van der Waals surface area contributed by atoms with Gasteiger partial charge in [-0.05, 0) is 0 Å². The monoisotopic (exact) mass is 149 g/mol. The normalized spacial score (nSPS) is 7.25. The summed E-state index contributed by atoms with van der Waals surface area (Å²) in [6.45, 7) is 0. The average Bonchev–Trinajstić information content (AvgIpc) is 1.37. The molecule has 0 radical (unpaired) electrons. The van der Waals surface area contributed by atoms with Crippen molar-refractivity contribution in [1.82, 2.24) is 0 Å². The van der Waals surface area contributed by atoms with Crippen LogP contribution < -0.4 is 0 Å². The molecule has 0 aliphatic rings. The van der Waals surface area contributed by atoms with E-state index in [0.29, 0.717) is 0 Å². The van der Waals surface area contributed by atoms with E-state index in [2.05, 4.69) is 3.92 Å². The molecular weight excluding hydrogens is 147 g/mol. The Morgan fingerprint density at radius 3 is 2.25 bits per heavy atom. The third-order valence-corrected chi connectivity index (χ3v) is 0.171. The van der Waals surface area contributed by atoms with Gasteiger partial charge in [0, 0.05) is 0 Å². The summed E-state index contributed by atoms with van der Waals surface area (Å²) in [5.41, 5.74) is 0. The van der Waals surface area contributed by atoms with Gasteiger partial charge < -0.3 is 0 Å². The molecule has 0 aliphatic carbocycles. The number of nitroso groups, excluding NO2 is 1. The summed E-state index contributed by atoms with van der Waals surface area (Å²) < 4.78 is 9.62. The summed E-state index contributed by atoms with van der Waals surface area (Å²) in [6.07, 6.45) is 0. The summed E-state index contributed by atoms with van der Waals surface area (Å²) in [5, 5.41) is 0. The van der Waals surface area contributed by atoms with E-state index in [1.807, 2.05) is 0 Å². The zero-order chi connectivity index (χ0) is 3.41. The Bertz CT molecular complexity index is 20.0. The molecule has 3 nitrogen and oxygen atoms in total. The number of hydrogen-bond acceptors (Lipinski definition) is 3. The predicted octanol–water partition coefficient (Wildman–Crippen LogP) is -0.342. The van der Waals surface area contributed by atoms with Crippen molar-refractivity contribution >= 4 is 0 Å². The molecule has 0 heterocycles. The first-order valence-corrected chi connectivity index (χ1v) is 2.05. The summed E-state index contributed by atoms with van der Waals surface area (Å²) in [5.74, 6) is 0. The summed E-state index contributed by atoms with van der Waals surface area (Å²) >= 11 is -1.19. The third-order valence-electron chi connectivity index (χ3n) is 0.0289. The SMILES string of the molecule is O=[N][Ru][OH]. The maximum absolute atomic E-state index is 8.71. The van der Waals surface area contributed by atoms with Gasteiger partial charge in [0.25, 0.3) is 0 Å². The van der Waals surface area contributed by atoms with Crippen molar-refractivity contribution in [3.8, 4) is 0 Å². The van der Waals surface area contributed by atoms with Gasteiger partial charge >= 0.3 is 30.5 Å². The minimum absolute atomic E-state index is 1.19. The molecule has 0 fully saturated rings. The topological polar surface area (TPSA) is 49.7 Å². The van der Waals surface area contributed by atoms with E-state index in [0.717, 1.165) is 0 Å². The first-order chi connectivity index (χ1) is 1.91. The van der Waals surface area contributed by atoms with E-state index in [9.17, 15) is 0 Å². The summed E-state index contributed by atoms with van der Waals surface area (Å²) in [6, 6.07) is 0. The van der Waals surface area contributed by atoms with Gasteiger partial charge in [0.05, 0.1) is 0 Å². The number of rotatable bonds is 1. The van der Waals surface area contributed by atoms with Crippen LogP contribution in [0.5, 0.6) is 0 Å². The van der Waals surface area contributed by atoms with Crippen LogP contribution in [-0.4, -0.2) is 3.93 Å². The molecule has 0 unspecified atom stereocenters. The molecule has 0 rings (SSSR count). The molecule has 0 aliphatic heterocycles. The molecule has 0 aromatic heterocycles. The number of hydrogen-bond donors (Lipinski definition) is 1. The molecular formula is HNO2Ru. The van der Waals surface area contributed by atoms with Gasteiger partial charge in [-0.3, -0.25) is 0 Å². The van der Waals surface area contributed by atoms with Crippen molar-refractivity contribution in [3.05, 3.63) is 4.91 Å². The second kappa shape index (κ2) is 3.18. The van der Waals surface area contributed by atoms with Gasteiger partial charge in [0.2, 0.25) is 0 Å². The molecule has 26 valence electrons. The Labute approximate surface area is 31.3 Å². The van der Waals surface area contributed by atoms with Gasteiger partial charge in [0.1, 0.15) is 0 Å². The van der Waals surface area contributed by atoms with E-state index >= 15 is 0 Å². The van der Waals surface area contributed by atoms with Crippen molar-refractivity contribution in [1.29, 1.82) is 0 Å². The molecule has 0 spiro atoms. The Morgan fingerprint density at radius 1 is 2.00 bits per heavy atom. The summed E-state index contributed by atoms with van der Waals surface area (Å²) in [7, 11) is 0. The van der Waals surface area contributed by atoms with E-state index in [1.54, 1.807) is 0 Å². The zero-order valence-corrected chi connectivity index (χ0v) is 3.39. The van der Waals surface area contributed by atoms with Crippen molar-refractivity contribution in [2.24, 2.45) is 3.92 Å². The van der Waals surface area contributed by atoms with Crippen molar-refractivity contribution in [2.45, 2.75) is 0 Å². The van der Waals surface area contributed by atoms with E-state index in [1.165, 1.54) is 0 Å². The molecule has 0 amide bonds. The Kier molecular flexibility index (Phi) is 3.33. The van der Waals surface area contributed by atoms with E-state index < -0.39 is 17.7 Å². The third kappa shape index (κ3) is 2.18. The zero-order valence-electron chi connectivity index (χ0n) is 1.66. The van der Waals surface area contributed by atoms with Gasteiger partial charge in [-0.15, -0.1) is 0 Å². The quantitative estimate of drug-likeness (QED) is 0.408. The van der Waals surface area contributed by atoms with E-state index in [4.69, 9.17) is 8.84 Å². The van der Waals surface area contributed by atoms with Crippen LogP contribution in [0.3, 0.4) is 0 Å². The molecule has 0 aromatic carbocycles. The number of nitrogens with zero attached hydrogens (tertiary/aromatic N) is 1. The maximum atomic E-state index is 8.71. The fourth-order valence-electron chi connectivity index (χ4n) is 0. The molecule has 0 bridgehead atoms. The molecule has 0 atom stereocenters. The van der Waals surface area contributed by atoms with Gasteiger partial charge in [-0.2, -0.15) is 0 Å². The molecule has 0 saturated heterocycles. The second-order valence-electron chi connectivity index (χ2n) is 0.135. The fourth-order valence-corrected chi connectivity index (χ4v) is 0. The van der Waals surface area contributed by atoms with Gasteiger partial charge in [-0.25, -0.2) is 0 Å². The fraction of sp³-hybridized carbons (Fsp3) is 0. The first kappa shape index (κ1) is 4.18. The van der Waals surface area contributed by atoms with Crippen LogP contribution in [0.1, 0.15) is 0 Å². The molecule has 4 heteroatoms. The van der Waals surface area contributed by atoms with Crippen molar-refractivity contribution < 1.29 is 21.7 Å². The van der Waals surface area contributed by atoms with Gasteiger partial charge in [-0.1, -0.05) is 0 Å². The van der Waals surface area contributed by atoms with Crippen LogP contribution in [-0.2, 0) is 17.7 Å². The molecule has 1 N–H and O–H groups in total. The average molecular weight is 148 g/mol. The Morgan fingerprint density at radius 2 is 2.25 bits per heavy atom. The predicted molar refractivity (Wildman–Crippen MR) is 8.01 cm³/mol.